The minimum atomic E-state index is -0.574. The highest BCUT2D eigenvalue weighted by Crippen LogP contribution is 2.36. The van der Waals surface area contributed by atoms with Gasteiger partial charge in [0, 0.05) is 13.1 Å². The lowest BCUT2D eigenvalue weighted by Crippen LogP contribution is -2.34. The average molecular weight is 279 g/mol. The second kappa shape index (κ2) is 4.53. The Bertz CT molecular complexity index is 571. The Morgan fingerprint density at radius 3 is 2.89 bits per heavy atom. The van der Waals surface area contributed by atoms with Crippen molar-refractivity contribution in [3.05, 3.63) is 22.7 Å². The average Bonchev–Trinajstić information content (AvgIpc) is 2.65. The van der Waals surface area contributed by atoms with E-state index in [1.165, 1.54) is 6.42 Å². The number of nitrogens with zero attached hydrogens (tertiary/aromatic N) is 1. The van der Waals surface area contributed by atoms with Crippen LogP contribution in [-0.2, 0) is 4.79 Å². The first kappa shape index (κ1) is 12.5. The van der Waals surface area contributed by atoms with E-state index >= 15 is 0 Å². The summed E-state index contributed by atoms with van der Waals surface area (Å²) in [5.41, 5.74) is 1.86. The molecular formula is C14H15ClN2O2. The van der Waals surface area contributed by atoms with Gasteiger partial charge < -0.3 is 10.2 Å². The van der Waals surface area contributed by atoms with Crippen LogP contribution in [0.15, 0.2) is 12.1 Å². The third-order valence-corrected chi connectivity index (χ3v) is 4.09. The number of halogens is 1. The minimum absolute atomic E-state index is 0.379. The Hall–Kier alpha value is -1.55. The zero-order valence-electron chi connectivity index (χ0n) is 10.7. The van der Waals surface area contributed by atoms with Crippen molar-refractivity contribution in [1.82, 2.24) is 0 Å². The molecule has 1 fully saturated rings. The van der Waals surface area contributed by atoms with E-state index in [-0.39, 0.29) is 0 Å². The van der Waals surface area contributed by atoms with Crippen molar-refractivity contribution in [2.75, 3.05) is 23.3 Å². The van der Waals surface area contributed by atoms with Gasteiger partial charge in [-0.15, -0.1) is 0 Å². The van der Waals surface area contributed by atoms with Gasteiger partial charge in [-0.2, -0.15) is 0 Å². The molecular weight excluding hydrogens is 264 g/mol. The molecule has 0 aromatic heterocycles. The monoisotopic (exact) mass is 278 g/mol. The number of ketones is 1. The number of Topliss-reactive ketones (excluding diaryl/α,β-unsaturated/α-hetero) is 1. The molecule has 1 N–H and O–H groups in total. The van der Waals surface area contributed by atoms with Gasteiger partial charge in [-0.1, -0.05) is 18.5 Å². The van der Waals surface area contributed by atoms with E-state index in [1.54, 1.807) is 6.07 Å². The Kier molecular flexibility index (Phi) is 2.97. The van der Waals surface area contributed by atoms with Crippen LogP contribution in [0, 0.1) is 5.92 Å². The Labute approximate surface area is 116 Å². The molecule has 1 saturated heterocycles. The molecule has 3 rings (SSSR count). The Balaban J connectivity index is 1.98. The molecule has 0 radical (unpaired) electrons. The van der Waals surface area contributed by atoms with Gasteiger partial charge in [-0.3, -0.25) is 9.59 Å². The van der Waals surface area contributed by atoms with E-state index in [0.29, 0.717) is 22.2 Å². The van der Waals surface area contributed by atoms with Crippen molar-refractivity contribution in [3.63, 3.8) is 0 Å². The smallest absolute Gasteiger partial charge is 0.296 e. The molecule has 1 amide bonds. The van der Waals surface area contributed by atoms with Gasteiger partial charge in [0.15, 0.2) is 0 Å². The quantitative estimate of drug-likeness (QED) is 0.804. The molecule has 1 atom stereocenters. The summed E-state index contributed by atoms with van der Waals surface area (Å²) in [7, 11) is 0. The van der Waals surface area contributed by atoms with Gasteiger partial charge in [-0.05, 0) is 30.9 Å². The number of carbonyl (C=O) groups excluding carboxylic acids is 2. The van der Waals surface area contributed by atoms with Crippen LogP contribution in [0.1, 0.15) is 30.1 Å². The van der Waals surface area contributed by atoms with Gasteiger partial charge in [0.25, 0.3) is 11.7 Å². The van der Waals surface area contributed by atoms with Crippen molar-refractivity contribution in [2.45, 2.75) is 19.8 Å². The molecule has 19 heavy (non-hydrogen) atoms. The van der Waals surface area contributed by atoms with Crippen LogP contribution >= 0.6 is 11.6 Å². The standard InChI is InChI=1S/C14H15ClN2O2/c1-8-3-2-4-17(7-8)12-6-11-9(5-10(12)15)13(18)14(19)16-11/h5-6,8H,2-4,7H2,1H3,(H,16,18,19). The molecule has 1 aromatic carbocycles. The van der Waals surface area contributed by atoms with Gasteiger partial charge in [-0.25, -0.2) is 0 Å². The first-order valence-corrected chi connectivity index (χ1v) is 6.88. The summed E-state index contributed by atoms with van der Waals surface area (Å²) in [4.78, 5) is 25.2. The normalized spacial score (nSPS) is 22.4. The van der Waals surface area contributed by atoms with E-state index in [4.69, 9.17) is 11.6 Å². The number of anilines is 2. The van der Waals surface area contributed by atoms with Gasteiger partial charge in [0.05, 0.1) is 22.0 Å². The van der Waals surface area contributed by atoms with E-state index in [9.17, 15) is 9.59 Å². The van der Waals surface area contributed by atoms with Crippen LogP contribution < -0.4 is 10.2 Å². The topological polar surface area (TPSA) is 49.4 Å². The number of rotatable bonds is 1. The first-order chi connectivity index (χ1) is 9.06. The zero-order chi connectivity index (χ0) is 13.6. The summed E-state index contributed by atoms with van der Waals surface area (Å²) in [5.74, 6) is -0.444. The molecule has 0 bridgehead atoms. The fraction of sp³-hybridized carbons (Fsp3) is 0.429. The van der Waals surface area contributed by atoms with Crippen LogP contribution in [0.4, 0.5) is 11.4 Å². The molecule has 1 aromatic rings. The van der Waals surface area contributed by atoms with Gasteiger partial charge in [0.2, 0.25) is 0 Å². The molecule has 2 aliphatic heterocycles. The number of benzene rings is 1. The molecule has 1 unspecified atom stereocenters. The molecule has 0 aliphatic carbocycles. The lowest BCUT2D eigenvalue weighted by atomic mass is 9.99. The third-order valence-electron chi connectivity index (χ3n) is 3.78. The van der Waals surface area contributed by atoms with Gasteiger partial charge >= 0.3 is 0 Å². The SMILES string of the molecule is CC1CCCN(c2cc3c(cc2Cl)C(=O)C(=O)N3)C1. The third kappa shape index (κ3) is 2.10. The van der Waals surface area contributed by atoms with Gasteiger partial charge in [0.1, 0.15) is 0 Å². The molecule has 100 valence electrons. The lowest BCUT2D eigenvalue weighted by molar-refractivity contribution is -0.112. The van der Waals surface area contributed by atoms with E-state index in [2.05, 4.69) is 17.1 Å². The molecule has 0 saturated carbocycles. The largest absolute Gasteiger partial charge is 0.370 e. The second-order valence-electron chi connectivity index (χ2n) is 5.33. The zero-order valence-corrected chi connectivity index (χ0v) is 11.5. The van der Waals surface area contributed by atoms with Crippen LogP contribution in [0.5, 0.6) is 0 Å². The molecule has 2 heterocycles. The maximum absolute atomic E-state index is 11.6. The lowest BCUT2D eigenvalue weighted by Gasteiger charge is -2.33. The molecule has 2 aliphatic rings. The van der Waals surface area contributed by atoms with E-state index < -0.39 is 11.7 Å². The number of amides is 1. The second-order valence-corrected chi connectivity index (χ2v) is 5.73. The Morgan fingerprint density at radius 1 is 1.37 bits per heavy atom. The number of fused-ring (bicyclic) bond motifs is 1. The van der Waals surface area contributed by atoms with E-state index in [1.807, 2.05) is 6.07 Å². The summed E-state index contributed by atoms with van der Waals surface area (Å²) in [6.07, 6.45) is 2.37. The number of nitrogens with one attached hydrogen (secondary N) is 1. The number of carbonyl (C=O) groups is 2. The summed E-state index contributed by atoms with van der Waals surface area (Å²) < 4.78 is 0. The van der Waals surface area contributed by atoms with Crippen molar-refractivity contribution in [1.29, 1.82) is 0 Å². The summed E-state index contributed by atoms with van der Waals surface area (Å²) in [6.45, 7) is 4.14. The molecule has 5 heteroatoms. The Morgan fingerprint density at radius 2 is 2.16 bits per heavy atom. The maximum Gasteiger partial charge on any atom is 0.296 e. The highest BCUT2D eigenvalue weighted by Gasteiger charge is 2.30. The number of hydrogen-bond donors (Lipinski definition) is 1. The molecule has 4 nitrogen and oxygen atoms in total. The van der Waals surface area contributed by atoms with E-state index in [0.717, 1.165) is 25.2 Å². The highest BCUT2D eigenvalue weighted by molar-refractivity contribution is 6.52. The fourth-order valence-electron chi connectivity index (χ4n) is 2.81. The molecule has 0 spiro atoms. The first-order valence-electron chi connectivity index (χ1n) is 6.50. The predicted molar refractivity (Wildman–Crippen MR) is 75.0 cm³/mol. The predicted octanol–water partition coefficient (Wildman–Crippen LogP) is 2.71. The maximum atomic E-state index is 11.6. The van der Waals surface area contributed by atoms with Crippen molar-refractivity contribution in [3.8, 4) is 0 Å². The van der Waals surface area contributed by atoms with Crippen molar-refractivity contribution >= 4 is 34.7 Å². The highest BCUT2D eigenvalue weighted by atomic mass is 35.5. The summed E-state index contributed by atoms with van der Waals surface area (Å²) in [6, 6.07) is 3.42. The summed E-state index contributed by atoms with van der Waals surface area (Å²) in [5, 5.41) is 3.13. The number of hydrogen-bond acceptors (Lipinski definition) is 3. The van der Waals surface area contributed by atoms with Crippen LogP contribution in [0.2, 0.25) is 5.02 Å². The van der Waals surface area contributed by atoms with Crippen LogP contribution in [0.3, 0.4) is 0 Å². The van der Waals surface area contributed by atoms with Crippen LogP contribution in [-0.4, -0.2) is 24.8 Å². The van der Waals surface area contributed by atoms with Crippen molar-refractivity contribution < 1.29 is 9.59 Å². The summed E-state index contributed by atoms with van der Waals surface area (Å²) >= 11 is 6.27. The number of piperidine rings is 1. The minimum Gasteiger partial charge on any atom is -0.370 e. The fourth-order valence-corrected chi connectivity index (χ4v) is 3.09. The van der Waals surface area contributed by atoms with Crippen molar-refractivity contribution in [2.24, 2.45) is 5.92 Å². The van der Waals surface area contributed by atoms with Crippen LogP contribution in [0.25, 0.3) is 0 Å².